The Morgan fingerprint density at radius 3 is 2.74 bits per heavy atom. The number of hydrogen-bond donors (Lipinski definition) is 1. The van der Waals surface area contributed by atoms with Crippen LogP contribution in [0.3, 0.4) is 0 Å². The number of amides is 2. The first kappa shape index (κ1) is 19.1. The molecule has 2 aromatic heterocycles. The third-order valence-electron chi connectivity index (χ3n) is 3.71. The maximum absolute atomic E-state index is 12.3. The summed E-state index contributed by atoms with van der Waals surface area (Å²) in [5.41, 5.74) is 1.12. The van der Waals surface area contributed by atoms with E-state index < -0.39 is 0 Å². The van der Waals surface area contributed by atoms with Crippen molar-refractivity contribution in [1.82, 2.24) is 19.7 Å². The molecule has 9 heteroatoms. The molecule has 0 aliphatic heterocycles. The van der Waals surface area contributed by atoms with Gasteiger partial charge in [-0.05, 0) is 29.6 Å². The highest BCUT2D eigenvalue weighted by Crippen LogP contribution is 2.26. The monoisotopic (exact) mass is 401 g/mol. The average Bonchev–Trinajstić information content (AvgIpc) is 3.29. The molecule has 2 heterocycles. The zero-order valence-electron chi connectivity index (χ0n) is 15.2. The van der Waals surface area contributed by atoms with Crippen molar-refractivity contribution in [2.45, 2.75) is 5.16 Å². The van der Waals surface area contributed by atoms with Crippen LogP contribution in [0.25, 0.3) is 10.7 Å². The van der Waals surface area contributed by atoms with Gasteiger partial charge in [-0.2, -0.15) is 0 Å². The molecule has 0 saturated heterocycles. The van der Waals surface area contributed by atoms with Gasteiger partial charge >= 0.3 is 0 Å². The normalized spacial score (nSPS) is 10.6. The van der Waals surface area contributed by atoms with E-state index in [0.717, 1.165) is 10.7 Å². The molecule has 0 atom stereocenters. The lowest BCUT2D eigenvalue weighted by atomic mass is 10.2. The second-order valence-corrected chi connectivity index (χ2v) is 7.85. The summed E-state index contributed by atoms with van der Waals surface area (Å²) >= 11 is 2.91. The number of carbonyl (C=O) groups is 2. The van der Waals surface area contributed by atoms with Crippen molar-refractivity contribution in [1.29, 1.82) is 0 Å². The highest BCUT2D eigenvalue weighted by Gasteiger charge is 2.14. The highest BCUT2D eigenvalue weighted by molar-refractivity contribution is 7.99. The van der Waals surface area contributed by atoms with Crippen LogP contribution in [0, 0.1) is 0 Å². The van der Waals surface area contributed by atoms with Crippen molar-refractivity contribution in [2.75, 3.05) is 25.2 Å². The summed E-state index contributed by atoms with van der Waals surface area (Å²) in [7, 11) is 5.26. The lowest BCUT2D eigenvalue weighted by Crippen LogP contribution is -2.22. The molecule has 0 aliphatic carbocycles. The maximum Gasteiger partial charge on any atom is 0.253 e. The molecule has 1 N–H and O–H groups in total. The van der Waals surface area contributed by atoms with E-state index in [0.29, 0.717) is 16.4 Å². The van der Waals surface area contributed by atoms with Crippen LogP contribution in [0.1, 0.15) is 10.4 Å². The second kappa shape index (κ2) is 8.36. The molecule has 0 aliphatic rings. The molecule has 0 bridgehead atoms. The smallest absolute Gasteiger partial charge is 0.253 e. The van der Waals surface area contributed by atoms with E-state index in [1.807, 2.05) is 29.1 Å². The molecule has 27 heavy (non-hydrogen) atoms. The number of nitrogens with one attached hydrogen (secondary N) is 1. The van der Waals surface area contributed by atoms with Crippen LogP contribution in [-0.2, 0) is 11.8 Å². The van der Waals surface area contributed by atoms with Crippen molar-refractivity contribution in [3.05, 3.63) is 47.3 Å². The van der Waals surface area contributed by atoms with Crippen molar-refractivity contribution >= 4 is 40.6 Å². The molecule has 0 spiro atoms. The number of nitrogens with zero attached hydrogens (tertiary/aromatic N) is 4. The third kappa shape index (κ3) is 4.55. The molecule has 0 radical (unpaired) electrons. The molecular weight excluding hydrogens is 382 g/mol. The molecule has 2 amide bonds. The van der Waals surface area contributed by atoms with E-state index in [1.54, 1.807) is 49.7 Å². The van der Waals surface area contributed by atoms with Crippen LogP contribution >= 0.6 is 23.1 Å². The molecule has 0 fully saturated rings. The summed E-state index contributed by atoms with van der Waals surface area (Å²) in [5.74, 6) is 0.695. The first-order valence-electron chi connectivity index (χ1n) is 8.13. The van der Waals surface area contributed by atoms with Crippen LogP contribution < -0.4 is 5.32 Å². The molecule has 0 unspecified atom stereocenters. The molecule has 0 saturated carbocycles. The minimum atomic E-state index is -0.171. The number of thioether (sulfide) groups is 1. The van der Waals surface area contributed by atoms with Gasteiger partial charge in [0.1, 0.15) is 0 Å². The Balaban J connectivity index is 1.61. The lowest BCUT2D eigenvalue weighted by molar-refractivity contribution is -0.113. The van der Waals surface area contributed by atoms with Crippen molar-refractivity contribution < 1.29 is 9.59 Å². The number of anilines is 1. The van der Waals surface area contributed by atoms with Gasteiger partial charge in [-0.15, -0.1) is 21.5 Å². The number of carbonyl (C=O) groups excluding carboxylic acids is 2. The van der Waals surface area contributed by atoms with Gasteiger partial charge < -0.3 is 14.8 Å². The topological polar surface area (TPSA) is 80.1 Å². The highest BCUT2D eigenvalue weighted by atomic mass is 32.2. The van der Waals surface area contributed by atoms with E-state index in [2.05, 4.69) is 15.5 Å². The van der Waals surface area contributed by atoms with Gasteiger partial charge in [0.05, 0.1) is 10.6 Å². The molecule has 1 aromatic carbocycles. The minimum Gasteiger partial charge on any atom is -0.345 e. The zero-order chi connectivity index (χ0) is 19.4. The summed E-state index contributed by atoms with van der Waals surface area (Å²) < 4.78 is 1.88. The van der Waals surface area contributed by atoms with Crippen LogP contribution in [0.5, 0.6) is 0 Å². The Kier molecular flexibility index (Phi) is 5.92. The lowest BCUT2D eigenvalue weighted by Gasteiger charge is -2.11. The number of benzene rings is 1. The van der Waals surface area contributed by atoms with Crippen molar-refractivity contribution in [2.24, 2.45) is 7.05 Å². The van der Waals surface area contributed by atoms with Crippen LogP contribution in [0.2, 0.25) is 0 Å². The summed E-state index contributed by atoms with van der Waals surface area (Å²) in [6, 6.07) is 10.8. The Labute approximate surface area is 165 Å². The van der Waals surface area contributed by atoms with Gasteiger partial charge in [-0.1, -0.05) is 23.9 Å². The number of aromatic nitrogens is 3. The second-order valence-electron chi connectivity index (χ2n) is 5.96. The molecular formula is C18H19N5O2S2. The van der Waals surface area contributed by atoms with Crippen LogP contribution in [0.15, 0.2) is 46.9 Å². The maximum atomic E-state index is 12.3. The van der Waals surface area contributed by atoms with Crippen molar-refractivity contribution in [3.63, 3.8) is 0 Å². The Morgan fingerprint density at radius 2 is 2.04 bits per heavy atom. The van der Waals surface area contributed by atoms with Gasteiger partial charge in [0.15, 0.2) is 11.0 Å². The standard InChI is InChI=1S/C18H19N5O2S2/c1-22(2)17(25)12-6-4-7-13(10-12)19-15(24)11-27-18-21-20-16(23(18)3)14-8-5-9-26-14/h4-10H,11H2,1-3H3,(H,19,24). The Hall–Kier alpha value is -2.65. The fourth-order valence-electron chi connectivity index (χ4n) is 2.38. The number of rotatable bonds is 6. The summed E-state index contributed by atoms with van der Waals surface area (Å²) in [6.07, 6.45) is 0. The first-order valence-corrected chi connectivity index (χ1v) is 10.00. The van der Waals surface area contributed by atoms with E-state index in [1.165, 1.54) is 16.7 Å². The quantitative estimate of drug-likeness (QED) is 0.643. The molecule has 7 nitrogen and oxygen atoms in total. The van der Waals surface area contributed by atoms with Gasteiger partial charge in [-0.25, -0.2) is 0 Å². The van der Waals surface area contributed by atoms with Crippen LogP contribution in [-0.4, -0.2) is 51.3 Å². The van der Waals surface area contributed by atoms with E-state index in [9.17, 15) is 9.59 Å². The van der Waals surface area contributed by atoms with E-state index in [4.69, 9.17) is 0 Å². The minimum absolute atomic E-state index is 0.110. The Morgan fingerprint density at radius 1 is 1.22 bits per heavy atom. The largest absolute Gasteiger partial charge is 0.345 e. The van der Waals surface area contributed by atoms with Gasteiger partial charge in [0.2, 0.25) is 5.91 Å². The third-order valence-corrected chi connectivity index (χ3v) is 5.59. The summed E-state index contributed by atoms with van der Waals surface area (Å²) in [5, 5.41) is 13.8. The number of hydrogen-bond acceptors (Lipinski definition) is 6. The van der Waals surface area contributed by atoms with Crippen LogP contribution in [0.4, 0.5) is 5.69 Å². The fourth-order valence-corrected chi connectivity index (χ4v) is 3.83. The first-order chi connectivity index (χ1) is 13.0. The van der Waals surface area contributed by atoms with E-state index in [-0.39, 0.29) is 17.6 Å². The predicted octanol–water partition coefficient (Wildman–Crippen LogP) is 2.98. The van der Waals surface area contributed by atoms with Gasteiger partial charge in [0.25, 0.3) is 5.91 Å². The average molecular weight is 402 g/mol. The molecule has 140 valence electrons. The zero-order valence-corrected chi connectivity index (χ0v) is 16.8. The molecule has 3 rings (SSSR count). The predicted molar refractivity (Wildman–Crippen MR) is 108 cm³/mol. The van der Waals surface area contributed by atoms with Crippen molar-refractivity contribution in [3.8, 4) is 10.7 Å². The molecule has 3 aromatic rings. The van der Waals surface area contributed by atoms with E-state index >= 15 is 0 Å². The SMILES string of the molecule is CN(C)C(=O)c1cccc(NC(=O)CSc2nnc(-c3cccs3)n2C)c1. The summed E-state index contributed by atoms with van der Waals surface area (Å²) in [4.78, 5) is 26.8. The summed E-state index contributed by atoms with van der Waals surface area (Å²) in [6.45, 7) is 0. The van der Waals surface area contributed by atoms with Gasteiger partial charge in [-0.3, -0.25) is 9.59 Å². The number of thiophene rings is 1. The Bertz CT molecular complexity index is 951. The fraction of sp³-hybridized carbons (Fsp3) is 0.222. The van der Waals surface area contributed by atoms with Gasteiger partial charge in [0, 0.05) is 32.4 Å².